The van der Waals surface area contributed by atoms with Gasteiger partial charge in [-0.15, -0.1) is 0 Å². The van der Waals surface area contributed by atoms with E-state index in [1.165, 1.54) is 20.2 Å². The first kappa shape index (κ1) is 28.6. The van der Waals surface area contributed by atoms with Gasteiger partial charge in [0.1, 0.15) is 23.1 Å². The molecule has 6 rings (SSSR count). The lowest BCUT2D eigenvalue weighted by Crippen LogP contribution is -2.25. The highest BCUT2D eigenvalue weighted by molar-refractivity contribution is 7.92. The summed E-state index contributed by atoms with van der Waals surface area (Å²) in [5.41, 5.74) is 3.46. The molecule has 11 heteroatoms. The summed E-state index contributed by atoms with van der Waals surface area (Å²) in [5.74, 6) is -0.872. The molecule has 0 fully saturated rings. The minimum Gasteiger partial charge on any atom is -0.455 e. The monoisotopic (exact) mass is 607 g/mol. The van der Waals surface area contributed by atoms with Gasteiger partial charge in [-0.1, -0.05) is 48.0 Å². The predicted molar refractivity (Wildman–Crippen MR) is 168 cm³/mol. The summed E-state index contributed by atoms with van der Waals surface area (Å²) in [6.45, 7) is 1.94. The van der Waals surface area contributed by atoms with Gasteiger partial charge in [-0.05, 0) is 31.2 Å². The number of rotatable bonds is 6. The molecule has 0 aliphatic heterocycles. The molecule has 220 valence electrons. The number of amides is 1. The molecular weight excluding hydrogens is 581 g/mol. The number of aryl methyl sites for hydroxylation is 1. The number of pyridine rings is 1. The van der Waals surface area contributed by atoms with Crippen LogP contribution in [0, 0.1) is 24.1 Å². The van der Waals surface area contributed by atoms with E-state index in [9.17, 15) is 18.5 Å². The van der Waals surface area contributed by atoms with Gasteiger partial charge in [-0.2, -0.15) is 5.26 Å². The molecule has 0 bridgehead atoms. The smallest absolute Gasteiger partial charge is 0.255 e. The second kappa shape index (κ2) is 10.7. The number of hydrogen-bond donors (Lipinski definition) is 2. The van der Waals surface area contributed by atoms with Crippen LogP contribution in [-0.4, -0.2) is 44.6 Å². The predicted octanol–water partition coefficient (Wildman–Crippen LogP) is 6.38. The molecule has 0 saturated heterocycles. The fourth-order valence-corrected chi connectivity index (χ4v) is 5.70. The van der Waals surface area contributed by atoms with Crippen LogP contribution in [0.25, 0.3) is 55.8 Å². The van der Waals surface area contributed by atoms with Crippen LogP contribution in [0.3, 0.4) is 0 Å². The Bertz CT molecular complexity index is 2230. The highest BCUT2D eigenvalue weighted by atomic mass is 32.2. The molecule has 0 spiro atoms. The molecule has 0 radical (unpaired) electrons. The van der Waals surface area contributed by atoms with Crippen molar-refractivity contribution in [3.05, 3.63) is 95.3 Å². The first-order valence-corrected chi connectivity index (χ1v) is 15.4. The number of furan rings is 1. The molecule has 44 heavy (non-hydrogen) atoms. The van der Waals surface area contributed by atoms with Crippen LogP contribution in [0.5, 0.6) is 0 Å². The number of carbonyl (C=O) groups excluding carboxylic acids is 1. The summed E-state index contributed by atoms with van der Waals surface area (Å²) >= 11 is 0. The number of anilines is 1. The molecular formula is C33H26FN5O4S. The van der Waals surface area contributed by atoms with Crippen molar-refractivity contribution in [1.29, 1.82) is 5.26 Å². The Hall–Kier alpha value is -5.47. The average Bonchev–Trinajstić information content (AvgIpc) is 3.61. The molecule has 3 aromatic heterocycles. The van der Waals surface area contributed by atoms with Crippen LogP contribution in [0.15, 0.2) is 77.2 Å². The van der Waals surface area contributed by atoms with Crippen molar-refractivity contribution in [2.75, 3.05) is 24.7 Å². The van der Waals surface area contributed by atoms with E-state index >= 15 is 4.39 Å². The van der Waals surface area contributed by atoms with Gasteiger partial charge < -0.3 is 14.7 Å². The number of halogens is 1. The van der Waals surface area contributed by atoms with E-state index in [0.29, 0.717) is 16.6 Å². The molecule has 0 unspecified atom stereocenters. The minimum atomic E-state index is -3.82. The Balaban J connectivity index is 1.68. The van der Waals surface area contributed by atoms with Crippen molar-refractivity contribution < 1.29 is 22.0 Å². The number of nitrogens with one attached hydrogen (secondary N) is 2. The molecule has 2 N–H and O–H groups in total. The summed E-state index contributed by atoms with van der Waals surface area (Å²) in [6, 6.07) is 22.7. The first-order valence-electron chi connectivity index (χ1n) is 13.5. The number of benzene rings is 3. The highest BCUT2D eigenvalue weighted by Crippen LogP contribution is 2.42. The fraction of sp³-hybridized carbons (Fsp3) is 0.121. The second-order valence-electron chi connectivity index (χ2n) is 10.4. The van der Waals surface area contributed by atoms with Gasteiger partial charge in [0.05, 0.1) is 34.5 Å². The third-order valence-corrected chi connectivity index (χ3v) is 8.74. The maximum absolute atomic E-state index is 15.5. The Morgan fingerprint density at radius 1 is 1.07 bits per heavy atom. The zero-order chi connectivity index (χ0) is 31.3. The second-order valence-corrected chi connectivity index (χ2v) is 12.5. The molecule has 0 aliphatic carbocycles. The standard InChI is InChI=1S/C33H26FN5O4S/c1-18-9-11-19(12-10-18)32-29(33(40)36-2)23-15-22(27(16-28(23)43-32)39(3)44(4,41)42)30-21(17-35)13-24(34)31(38-30)26-14-20-7-5-6-8-25(20)37-26/h5-16,37H,1-4H3,(H,36,40). The number of nitriles is 1. The molecule has 6 aromatic rings. The Morgan fingerprint density at radius 2 is 1.80 bits per heavy atom. The summed E-state index contributed by atoms with van der Waals surface area (Å²) in [4.78, 5) is 21.0. The highest BCUT2D eigenvalue weighted by Gasteiger charge is 2.28. The van der Waals surface area contributed by atoms with Crippen molar-refractivity contribution >= 4 is 43.5 Å². The van der Waals surface area contributed by atoms with Crippen LogP contribution in [0.4, 0.5) is 10.1 Å². The Kier molecular flexibility index (Phi) is 6.94. The van der Waals surface area contributed by atoms with Crippen molar-refractivity contribution in [3.8, 4) is 40.0 Å². The zero-order valence-corrected chi connectivity index (χ0v) is 25.0. The van der Waals surface area contributed by atoms with Crippen molar-refractivity contribution in [1.82, 2.24) is 15.3 Å². The van der Waals surface area contributed by atoms with E-state index in [0.717, 1.165) is 33.1 Å². The van der Waals surface area contributed by atoms with Gasteiger partial charge in [0, 0.05) is 47.6 Å². The SMILES string of the molecule is CNC(=O)c1c(-c2ccc(C)cc2)oc2cc(N(C)S(C)(=O)=O)c(-c3nc(-c4cc5ccccc5[nH]4)c(F)cc3C#N)cc12. The Morgan fingerprint density at radius 3 is 2.45 bits per heavy atom. The van der Waals surface area contributed by atoms with E-state index in [1.807, 2.05) is 61.5 Å². The number of aromatic amines is 1. The topological polar surface area (TPSA) is 132 Å². The van der Waals surface area contributed by atoms with Crippen LogP contribution < -0.4 is 9.62 Å². The van der Waals surface area contributed by atoms with Gasteiger partial charge >= 0.3 is 0 Å². The van der Waals surface area contributed by atoms with E-state index in [2.05, 4.69) is 15.3 Å². The van der Waals surface area contributed by atoms with Crippen molar-refractivity contribution in [2.45, 2.75) is 6.92 Å². The van der Waals surface area contributed by atoms with Gasteiger partial charge in [-0.25, -0.2) is 17.8 Å². The lowest BCUT2D eigenvalue weighted by Gasteiger charge is -2.21. The van der Waals surface area contributed by atoms with Crippen molar-refractivity contribution in [3.63, 3.8) is 0 Å². The largest absolute Gasteiger partial charge is 0.455 e. The summed E-state index contributed by atoms with van der Waals surface area (Å²) < 4.78 is 48.3. The molecule has 3 heterocycles. The van der Waals surface area contributed by atoms with Gasteiger partial charge in [0.25, 0.3) is 5.91 Å². The fourth-order valence-electron chi connectivity index (χ4n) is 5.19. The number of nitrogens with zero attached hydrogens (tertiary/aromatic N) is 3. The number of aromatic nitrogens is 2. The number of carbonyl (C=O) groups is 1. The number of hydrogen-bond acceptors (Lipinski definition) is 6. The lowest BCUT2D eigenvalue weighted by atomic mass is 9.98. The number of para-hydroxylation sites is 1. The van der Waals surface area contributed by atoms with Crippen LogP contribution in [0.2, 0.25) is 0 Å². The molecule has 3 aromatic carbocycles. The van der Waals surface area contributed by atoms with Gasteiger partial charge in [0.15, 0.2) is 5.82 Å². The molecule has 1 amide bonds. The van der Waals surface area contributed by atoms with E-state index in [-0.39, 0.29) is 45.1 Å². The van der Waals surface area contributed by atoms with Crippen LogP contribution in [-0.2, 0) is 10.0 Å². The molecule has 9 nitrogen and oxygen atoms in total. The number of fused-ring (bicyclic) bond motifs is 2. The average molecular weight is 608 g/mol. The molecule has 0 saturated carbocycles. The maximum Gasteiger partial charge on any atom is 0.255 e. The van der Waals surface area contributed by atoms with Gasteiger partial charge in [-0.3, -0.25) is 9.10 Å². The summed E-state index contributed by atoms with van der Waals surface area (Å²) in [6.07, 6.45) is 1.04. The summed E-state index contributed by atoms with van der Waals surface area (Å²) in [7, 11) is -0.969. The Labute approximate surface area is 252 Å². The minimum absolute atomic E-state index is 0.0379. The molecule has 0 atom stereocenters. The number of H-pyrrole nitrogens is 1. The van der Waals surface area contributed by atoms with Crippen LogP contribution >= 0.6 is 0 Å². The first-order chi connectivity index (χ1) is 21.0. The maximum atomic E-state index is 15.5. The van der Waals surface area contributed by atoms with Crippen molar-refractivity contribution in [2.24, 2.45) is 0 Å². The number of sulfonamides is 1. The van der Waals surface area contributed by atoms with E-state index in [4.69, 9.17) is 4.42 Å². The molecule has 0 aliphatic rings. The third kappa shape index (κ3) is 4.85. The zero-order valence-electron chi connectivity index (χ0n) is 24.2. The third-order valence-electron chi connectivity index (χ3n) is 7.55. The quantitative estimate of drug-likeness (QED) is 0.226. The van der Waals surface area contributed by atoms with Crippen LogP contribution in [0.1, 0.15) is 21.5 Å². The van der Waals surface area contributed by atoms with E-state index < -0.39 is 21.7 Å². The van der Waals surface area contributed by atoms with Gasteiger partial charge in [0.2, 0.25) is 10.0 Å². The lowest BCUT2D eigenvalue weighted by molar-refractivity contribution is 0.0964. The normalized spacial score (nSPS) is 11.5. The van der Waals surface area contributed by atoms with E-state index in [1.54, 1.807) is 12.1 Å². The summed E-state index contributed by atoms with van der Waals surface area (Å²) in [5, 5.41) is 13.9.